The Morgan fingerprint density at radius 1 is 0.837 bits per heavy atom. The third-order valence-corrected chi connectivity index (χ3v) is 8.12. The lowest BCUT2D eigenvalue weighted by Gasteiger charge is -2.26. The Kier molecular flexibility index (Phi) is 35.0. The molecule has 3 N–H and O–H groups in total. The van der Waals surface area contributed by atoms with Crippen molar-refractivity contribution in [2.24, 2.45) is 17.8 Å². The monoisotopic (exact) mass is 619 g/mol. The molecule has 0 aromatic carbocycles. The zero-order chi connectivity index (χ0) is 33.5. The molecule has 1 aliphatic heterocycles. The molecular weight excluding hydrogens is 544 g/mol. The molecule has 260 valence electrons. The summed E-state index contributed by atoms with van der Waals surface area (Å²) in [5, 5.41) is 26.1. The van der Waals surface area contributed by atoms with Crippen molar-refractivity contribution in [3.05, 3.63) is 11.6 Å². The molecule has 0 aromatic rings. The molecule has 0 saturated carbocycles. The van der Waals surface area contributed by atoms with Crippen LogP contribution in [0.25, 0.3) is 0 Å². The van der Waals surface area contributed by atoms with Gasteiger partial charge >= 0.3 is 17.9 Å². The van der Waals surface area contributed by atoms with Gasteiger partial charge in [-0.2, -0.15) is 0 Å². The van der Waals surface area contributed by atoms with Crippen molar-refractivity contribution in [1.82, 2.24) is 0 Å². The molecule has 1 heterocycles. The van der Waals surface area contributed by atoms with Crippen LogP contribution in [0.3, 0.4) is 0 Å². The van der Waals surface area contributed by atoms with Crippen molar-refractivity contribution < 1.29 is 37.3 Å². The largest absolute Gasteiger partial charge is 0.481 e. The lowest BCUT2D eigenvalue weighted by molar-refractivity contribution is -0.160. The maximum atomic E-state index is 11.2. The summed E-state index contributed by atoms with van der Waals surface area (Å²) in [5.41, 5.74) is 0.540. The average Bonchev–Trinajstić information content (AvgIpc) is 3.00. The number of carbonyl (C=O) groups excluding carboxylic acids is 1. The topological polar surface area (TPSA) is 121 Å². The van der Waals surface area contributed by atoms with Gasteiger partial charge in [0.2, 0.25) is 0 Å². The molecule has 0 spiro atoms. The molecular formula is C36H74O7. The van der Waals surface area contributed by atoms with Gasteiger partial charge in [-0.05, 0) is 70.6 Å². The van der Waals surface area contributed by atoms with Gasteiger partial charge in [0.25, 0.3) is 0 Å². The fourth-order valence-electron chi connectivity index (χ4n) is 4.67. The van der Waals surface area contributed by atoms with Crippen molar-refractivity contribution in [2.45, 2.75) is 177 Å². The number of unbranched alkanes of at least 4 members (excludes halogenated alkanes) is 6. The fourth-order valence-corrected chi connectivity index (χ4v) is 4.67. The summed E-state index contributed by atoms with van der Waals surface area (Å²) in [6.45, 7) is 16.8. The average molecular weight is 619 g/mol. The van der Waals surface area contributed by atoms with E-state index in [1.165, 1.54) is 25.7 Å². The maximum Gasteiger partial charge on any atom is 0.331 e. The Bertz CT molecular complexity index is 693. The normalized spacial score (nSPS) is 17.5. The molecule has 0 aliphatic carbocycles. The van der Waals surface area contributed by atoms with Crippen LogP contribution in [0, 0.1) is 17.8 Å². The van der Waals surface area contributed by atoms with E-state index in [0.29, 0.717) is 24.5 Å². The second kappa shape index (κ2) is 33.0. The van der Waals surface area contributed by atoms with Crippen LogP contribution in [-0.2, 0) is 19.1 Å². The standard InChI is InChI=1S/C9H16O2.C9H18O2.C9H16O2.C9H20O.2H2/c1-3-7-5-6-8(4-2)11-9(7)10;2*1-3-5-6-7-8(4-2)9(10)11;1-3-5-6-7-9(4-2)8-10;;/h7-8H,3-6H2,1-2H3;8H,3-7H2,1-2H3,(H,10,11);4H,3,5-7H2,1-2H3,(H,10,11);9-10H,3-8H2,1-2H3;2*1H/b;;8-4-;;;. The number of aliphatic hydroxyl groups is 1. The van der Waals surface area contributed by atoms with Crippen LogP contribution in [0.2, 0.25) is 0 Å². The number of carbonyl (C=O) groups is 3. The molecule has 7 nitrogen and oxygen atoms in total. The van der Waals surface area contributed by atoms with Crippen LogP contribution >= 0.6 is 0 Å². The molecule has 0 radical (unpaired) electrons. The Morgan fingerprint density at radius 2 is 1.40 bits per heavy atom. The highest BCUT2D eigenvalue weighted by atomic mass is 16.5. The van der Waals surface area contributed by atoms with E-state index in [-0.39, 0.29) is 26.8 Å². The molecule has 1 aliphatic rings. The van der Waals surface area contributed by atoms with Crippen LogP contribution in [0.1, 0.15) is 174 Å². The van der Waals surface area contributed by atoms with Crippen LogP contribution in [-0.4, -0.2) is 45.9 Å². The Hall–Kier alpha value is -1.89. The van der Waals surface area contributed by atoms with Crippen molar-refractivity contribution in [3.8, 4) is 0 Å². The Labute approximate surface area is 268 Å². The van der Waals surface area contributed by atoms with Crippen LogP contribution in [0.4, 0.5) is 0 Å². The highest BCUT2D eigenvalue weighted by Gasteiger charge is 2.27. The summed E-state index contributed by atoms with van der Waals surface area (Å²) in [7, 11) is 0. The predicted octanol–water partition coefficient (Wildman–Crippen LogP) is 10.5. The third-order valence-electron chi connectivity index (χ3n) is 8.12. The summed E-state index contributed by atoms with van der Waals surface area (Å²) in [5.74, 6) is -0.760. The second-order valence-corrected chi connectivity index (χ2v) is 11.6. The minimum Gasteiger partial charge on any atom is -0.481 e. The number of esters is 1. The smallest absolute Gasteiger partial charge is 0.331 e. The van der Waals surface area contributed by atoms with Gasteiger partial charge in [0.1, 0.15) is 6.10 Å². The first kappa shape index (κ1) is 45.5. The van der Waals surface area contributed by atoms with Gasteiger partial charge in [-0.1, -0.05) is 112 Å². The number of carboxylic acid groups (broad SMARTS) is 2. The van der Waals surface area contributed by atoms with Crippen LogP contribution in [0.15, 0.2) is 11.6 Å². The van der Waals surface area contributed by atoms with E-state index in [4.69, 9.17) is 20.1 Å². The number of rotatable bonds is 19. The first-order valence-corrected chi connectivity index (χ1v) is 17.5. The number of aliphatic carboxylic acids is 2. The van der Waals surface area contributed by atoms with Crippen molar-refractivity contribution in [1.29, 1.82) is 0 Å². The number of ether oxygens (including phenoxy) is 1. The maximum absolute atomic E-state index is 11.2. The first-order valence-electron chi connectivity index (χ1n) is 17.5. The number of allylic oxidation sites excluding steroid dienone is 1. The van der Waals surface area contributed by atoms with Crippen LogP contribution in [0.5, 0.6) is 0 Å². The highest BCUT2D eigenvalue weighted by molar-refractivity contribution is 5.86. The Morgan fingerprint density at radius 3 is 1.77 bits per heavy atom. The molecule has 43 heavy (non-hydrogen) atoms. The predicted molar refractivity (Wildman–Crippen MR) is 184 cm³/mol. The quantitative estimate of drug-likeness (QED) is 0.0748. The minimum absolute atomic E-state index is 0. The van der Waals surface area contributed by atoms with Crippen molar-refractivity contribution in [3.63, 3.8) is 0 Å². The second-order valence-electron chi connectivity index (χ2n) is 11.6. The van der Waals surface area contributed by atoms with Crippen LogP contribution < -0.4 is 0 Å². The van der Waals surface area contributed by atoms with Gasteiger partial charge in [0.15, 0.2) is 0 Å². The van der Waals surface area contributed by atoms with E-state index in [2.05, 4.69) is 34.6 Å². The number of carboxylic acids is 2. The van der Waals surface area contributed by atoms with E-state index in [1.807, 2.05) is 13.8 Å². The molecule has 4 atom stereocenters. The van der Waals surface area contributed by atoms with E-state index < -0.39 is 11.9 Å². The summed E-state index contributed by atoms with van der Waals surface area (Å²) < 4.78 is 5.20. The van der Waals surface area contributed by atoms with E-state index >= 15 is 0 Å². The molecule has 7 heteroatoms. The van der Waals surface area contributed by atoms with Gasteiger partial charge in [0, 0.05) is 15.0 Å². The minimum atomic E-state index is -0.774. The first-order chi connectivity index (χ1) is 20.6. The summed E-state index contributed by atoms with van der Waals surface area (Å²) in [6.07, 6.45) is 21.0. The lowest BCUT2D eigenvalue weighted by atomic mass is 9.95. The summed E-state index contributed by atoms with van der Waals surface area (Å²) in [6, 6.07) is 0. The molecule has 0 aromatic heterocycles. The highest BCUT2D eigenvalue weighted by Crippen LogP contribution is 2.24. The molecule has 0 amide bonds. The third kappa shape index (κ3) is 27.4. The van der Waals surface area contributed by atoms with Gasteiger partial charge in [-0.15, -0.1) is 0 Å². The van der Waals surface area contributed by atoms with Crippen molar-refractivity contribution in [2.75, 3.05) is 6.61 Å². The Balaban J connectivity index is -0.000000156. The number of hydrogen-bond donors (Lipinski definition) is 3. The van der Waals surface area contributed by atoms with Gasteiger partial charge in [-0.25, -0.2) is 4.79 Å². The number of hydrogen-bond acceptors (Lipinski definition) is 5. The zero-order valence-electron chi connectivity index (χ0n) is 29.3. The summed E-state index contributed by atoms with van der Waals surface area (Å²) >= 11 is 0. The molecule has 0 bridgehead atoms. The van der Waals surface area contributed by atoms with E-state index in [1.54, 1.807) is 13.0 Å². The summed E-state index contributed by atoms with van der Waals surface area (Å²) in [4.78, 5) is 32.2. The van der Waals surface area contributed by atoms with E-state index in [9.17, 15) is 14.4 Å². The zero-order valence-corrected chi connectivity index (χ0v) is 29.3. The van der Waals surface area contributed by atoms with Gasteiger partial charge in [0.05, 0.1) is 11.8 Å². The van der Waals surface area contributed by atoms with Gasteiger partial charge in [-0.3, -0.25) is 9.59 Å². The van der Waals surface area contributed by atoms with Gasteiger partial charge < -0.3 is 20.1 Å². The lowest BCUT2D eigenvalue weighted by Crippen LogP contribution is -2.30. The number of cyclic esters (lactones) is 1. The molecule has 4 unspecified atom stereocenters. The molecule has 1 fully saturated rings. The van der Waals surface area contributed by atoms with E-state index in [0.717, 1.165) is 83.5 Å². The SMILES string of the molecule is C/C=C(/CCCCC)C(=O)O.CCC1CCC(CC)C(=O)O1.CCCCCC(CC)C(=O)O.CCCCCC(CC)CO.[HH].[HH]. The number of aliphatic hydroxyl groups excluding tert-OH is 1. The molecule has 1 saturated heterocycles. The molecule has 1 rings (SSSR count). The fraction of sp³-hybridized carbons (Fsp3) is 0.861. The van der Waals surface area contributed by atoms with Crippen molar-refractivity contribution >= 4 is 17.9 Å².